The van der Waals surface area contributed by atoms with Crippen LogP contribution in [0.15, 0.2) is 242 Å². The van der Waals surface area contributed by atoms with Gasteiger partial charge in [-0.05, 0) is 119 Å². The number of carbonyl (C=O) groups excluding carboxylic acids is 4. The highest BCUT2D eigenvalue weighted by atomic mass is 31.1. The number of esters is 2. The fourth-order valence-electron chi connectivity index (χ4n) is 9.15. The van der Waals surface area contributed by atoms with E-state index in [2.05, 4.69) is 210 Å². The van der Waals surface area contributed by atoms with E-state index in [-0.39, 0.29) is 17.5 Å². The van der Waals surface area contributed by atoms with Crippen molar-refractivity contribution in [1.29, 1.82) is 0 Å². The van der Waals surface area contributed by atoms with E-state index in [1.807, 2.05) is 60.7 Å². The maximum atomic E-state index is 11.4. The summed E-state index contributed by atoms with van der Waals surface area (Å²) < 4.78 is 15.4. The number of hydrogen-bond donors (Lipinski definition) is 2. The SMILES string of the molecule is COC(=O)/C(=C/c1ccccc1)NC(C)=O.COC(=O)C(Cc1ccccc1)NC(C)=O.COc1ccc(C)c(-c2ccccc2P(c2ccccc2)c2ccccc2)c1-c1cc(P(c2ccccc2)c2ccccc2)ccc1C. The molecule has 0 radical (unpaired) electrons. The van der Waals surface area contributed by atoms with E-state index in [1.165, 1.54) is 87.7 Å². The molecule has 1 unspecified atom stereocenters. The van der Waals surface area contributed by atoms with Crippen molar-refractivity contribution in [1.82, 2.24) is 10.6 Å². The van der Waals surface area contributed by atoms with E-state index in [0.717, 1.165) is 22.4 Å². The molecule has 9 rings (SSSR count). The molecule has 2 amide bonds. The second-order valence-electron chi connectivity index (χ2n) is 18.5. The van der Waals surface area contributed by atoms with Crippen molar-refractivity contribution >= 4 is 77.5 Å². The quantitative estimate of drug-likeness (QED) is 0.0562. The first kappa shape index (κ1) is 58.9. The van der Waals surface area contributed by atoms with E-state index < -0.39 is 33.8 Å². The molecule has 0 heterocycles. The molecule has 80 heavy (non-hydrogen) atoms. The number of amides is 2. The maximum Gasteiger partial charge on any atom is 0.354 e. The predicted molar refractivity (Wildman–Crippen MR) is 331 cm³/mol. The Morgan fingerprint density at radius 2 is 0.950 bits per heavy atom. The van der Waals surface area contributed by atoms with Crippen molar-refractivity contribution in [2.24, 2.45) is 0 Å². The van der Waals surface area contributed by atoms with Gasteiger partial charge in [0, 0.05) is 25.8 Å². The summed E-state index contributed by atoms with van der Waals surface area (Å²) >= 11 is 0. The van der Waals surface area contributed by atoms with E-state index in [0.29, 0.717) is 6.42 Å². The summed E-state index contributed by atoms with van der Waals surface area (Å²) in [6, 6.07) is 82.3. The van der Waals surface area contributed by atoms with Crippen LogP contribution in [0, 0.1) is 13.8 Å². The third-order valence-corrected chi connectivity index (χ3v) is 17.7. The topological polar surface area (TPSA) is 120 Å². The molecule has 0 fully saturated rings. The van der Waals surface area contributed by atoms with Gasteiger partial charge in [-0.3, -0.25) is 9.59 Å². The van der Waals surface area contributed by atoms with Crippen molar-refractivity contribution in [3.05, 3.63) is 265 Å². The molecular formula is C69H66N2O7P2. The summed E-state index contributed by atoms with van der Waals surface area (Å²) in [6.45, 7) is 7.18. The van der Waals surface area contributed by atoms with Crippen LogP contribution in [0.2, 0.25) is 0 Å². The van der Waals surface area contributed by atoms with Gasteiger partial charge in [-0.15, -0.1) is 0 Å². The van der Waals surface area contributed by atoms with Crippen molar-refractivity contribution in [3.8, 4) is 28.0 Å². The van der Waals surface area contributed by atoms with E-state index in [1.54, 1.807) is 13.2 Å². The van der Waals surface area contributed by atoms with Crippen LogP contribution in [0.1, 0.15) is 36.1 Å². The van der Waals surface area contributed by atoms with Crippen molar-refractivity contribution in [2.75, 3.05) is 21.3 Å². The number of carbonyl (C=O) groups is 4. The normalized spacial score (nSPS) is 11.2. The number of benzene rings is 9. The Labute approximate surface area is 473 Å². The average molecular weight is 1100 g/mol. The monoisotopic (exact) mass is 1100 g/mol. The van der Waals surface area contributed by atoms with Crippen LogP contribution in [-0.2, 0) is 35.1 Å². The number of aryl methyl sites for hydroxylation is 2. The maximum absolute atomic E-state index is 11.4. The molecule has 9 aromatic carbocycles. The van der Waals surface area contributed by atoms with Gasteiger partial charge in [0.1, 0.15) is 17.5 Å². The van der Waals surface area contributed by atoms with E-state index >= 15 is 0 Å². The van der Waals surface area contributed by atoms with Gasteiger partial charge in [0.05, 0.1) is 21.3 Å². The number of methoxy groups -OCH3 is 3. The molecule has 0 aromatic heterocycles. The van der Waals surface area contributed by atoms with Gasteiger partial charge in [-0.25, -0.2) is 9.59 Å². The lowest BCUT2D eigenvalue weighted by molar-refractivity contribution is -0.144. The molecule has 11 heteroatoms. The summed E-state index contributed by atoms with van der Waals surface area (Å²) in [5.41, 5.74) is 9.22. The zero-order valence-electron chi connectivity index (χ0n) is 46.1. The fourth-order valence-corrected chi connectivity index (χ4v) is 13.9. The van der Waals surface area contributed by atoms with Gasteiger partial charge in [-0.2, -0.15) is 0 Å². The Balaban J connectivity index is 0.000000235. The number of nitrogens with one attached hydrogen (secondary N) is 2. The number of ether oxygens (including phenoxy) is 3. The standard InChI is InChI=1S/C45H38OP2.C12H15NO3.C12H13NO3/c1-33-28-30-39(47(35-18-8-4-9-19-35)36-20-10-5-11-21-36)32-41(33)45-42(46-3)31-29-34(2)44(45)40-26-16-17-27-43(40)48(37-22-12-6-13-23-37)38-24-14-7-15-25-38;2*1-9(14)13-11(12(15)16-2)8-10-6-4-3-5-7-10/h4-32H,1-3H3;3-7,11H,8H2,1-2H3,(H,13,14);3-8H,1-2H3,(H,13,14)/b;;11-8-. The van der Waals surface area contributed by atoms with E-state index in [4.69, 9.17) is 4.74 Å². The zero-order chi connectivity index (χ0) is 56.8. The number of rotatable bonds is 16. The first-order valence-electron chi connectivity index (χ1n) is 26.1. The summed E-state index contributed by atoms with van der Waals surface area (Å²) in [6.07, 6.45) is 2.00. The van der Waals surface area contributed by atoms with Crippen molar-refractivity contribution in [3.63, 3.8) is 0 Å². The molecule has 0 aliphatic carbocycles. The number of hydrogen-bond acceptors (Lipinski definition) is 7. The lowest BCUT2D eigenvalue weighted by Gasteiger charge is -2.26. The van der Waals surface area contributed by atoms with Gasteiger partial charge in [0.15, 0.2) is 0 Å². The Morgan fingerprint density at radius 1 is 0.475 bits per heavy atom. The van der Waals surface area contributed by atoms with Gasteiger partial charge < -0.3 is 24.8 Å². The first-order valence-corrected chi connectivity index (χ1v) is 28.8. The molecule has 0 spiro atoms. The van der Waals surface area contributed by atoms with Crippen LogP contribution in [0.3, 0.4) is 0 Å². The Hall–Kier alpha value is -8.74. The molecule has 2 N–H and O–H groups in total. The lowest BCUT2D eigenvalue weighted by atomic mass is 9.88. The van der Waals surface area contributed by atoms with Gasteiger partial charge in [-0.1, -0.05) is 224 Å². The molecule has 0 aliphatic heterocycles. The van der Waals surface area contributed by atoms with E-state index in [9.17, 15) is 19.2 Å². The summed E-state index contributed by atoms with van der Waals surface area (Å²) in [7, 11) is 2.79. The van der Waals surface area contributed by atoms with Crippen LogP contribution >= 0.6 is 15.8 Å². The highest BCUT2D eigenvalue weighted by molar-refractivity contribution is 7.80. The molecule has 0 saturated heterocycles. The van der Waals surface area contributed by atoms with Gasteiger partial charge in [0.2, 0.25) is 11.8 Å². The Kier molecular flexibility index (Phi) is 22.0. The first-order chi connectivity index (χ1) is 38.9. The molecule has 9 nitrogen and oxygen atoms in total. The Morgan fingerprint density at radius 3 is 1.44 bits per heavy atom. The fraction of sp³-hybridized carbons (Fsp3) is 0.130. The van der Waals surface area contributed by atoms with Crippen LogP contribution in [0.5, 0.6) is 5.75 Å². The van der Waals surface area contributed by atoms with Crippen LogP contribution in [-0.4, -0.2) is 51.1 Å². The summed E-state index contributed by atoms with van der Waals surface area (Å²) in [5, 5.41) is 13.0. The lowest BCUT2D eigenvalue weighted by Crippen LogP contribution is -2.41. The minimum Gasteiger partial charge on any atom is -0.496 e. The Bertz CT molecular complexity index is 3410. The van der Waals surface area contributed by atoms with Crippen LogP contribution in [0.25, 0.3) is 28.3 Å². The molecular weight excluding hydrogens is 1030 g/mol. The second kappa shape index (κ2) is 29.8. The minimum atomic E-state index is -0.820. The van der Waals surface area contributed by atoms with Gasteiger partial charge >= 0.3 is 11.9 Å². The molecule has 0 saturated carbocycles. The zero-order valence-corrected chi connectivity index (χ0v) is 47.9. The molecule has 404 valence electrons. The van der Waals surface area contributed by atoms with Crippen LogP contribution < -0.4 is 47.2 Å². The van der Waals surface area contributed by atoms with Crippen molar-refractivity contribution < 1.29 is 33.4 Å². The molecule has 0 aliphatic rings. The third-order valence-electron chi connectivity index (χ3n) is 12.8. The summed E-state index contributed by atoms with van der Waals surface area (Å²) in [4.78, 5) is 44.6. The smallest absolute Gasteiger partial charge is 0.354 e. The molecule has 0 bridgehead atoms. The predicted octanol–water partition coefficient (Wildman–Crippen LogP) is 11.4. The summed E-state index contributed by atoms with van der Waals surface area (Å²) in [5.74, 6) is -0.671. The van der Waals surface area contributed by atoms with Crippen molar-refractivity contribution in [2.45, 2.75) is 40.2 Å². The highest BCUT2D eigenvalue weighted by Gasteiger charge is 2.26. The molecule has 1 atom stereocenters. The minimum absolute atomic E-state index is 0.126. The van der Waals surface area contributed by atoms with Gasteiger partial charge in [0.25, 0.3) is 0 Å². The second-order valence-corrected chi connectivity index (χ2v) is 22.9. The third kappa shape index (κ3) is 15.9. The van der Waals surface area contributed by atoms with Crippen LogP contribution in [0.4, 0.5) is 0 Å². The highest BCUT2D eigenvalue weighted by Crippen LogP contribution is 2.46. The molecule has 9 aromatic rings. The largest absolute Gasteiger partial charge is 0.496 e. The average Bonchev–Trinajstić information content (AvgIpc) is 3.52.